The Balaban J connectivity index is 1.53. The number of morpholine rings is 1. The maximum Gasteiger partial charge on any atom is 0.319 e. The normalized spacial score (nSPS) is 15.1. The van der Waals surface area contributed by atoms with Gasteiger partial charge in [0.15, 0.2) is 0 Å². The van der Waals surface area contributed by atoms with E-state index in [1.165, 1.54) is 18.2 Å². The van der Waals surface area contributed by atoms with Gasteiger partial charge in [-0.05, 0) is 36.7 Å². The summed E-state index contributed by atoms with van der Waals surface area (Å²) in [6, 6.07) is 13.8. The van der Waals surface area contributed by atoms with Crippen LogP contribution in [-0.4, -0.2) is 62.3 Å². The molecule has 31 heavy (non-hydrogen) atoms. The van der Waals surface area contributed by atoms with Crippen LogP contribution in [-0.2, 0) is 16.0 Å². The summed E-state index contributed by atoms with van der Waals surface area (Å²) in [6.45, 7) is 4.72. The molecule has 7 nitrogen and oxygen atoms in total. The third kappa shape index (κ3) is 7.99. The van der Waals surface area contributed by atoms with Crippen molar-refractivity contribution in [3.63, 3.8) is 0 Å². The van der Waals surface area contributed by atoms with E-state index >= 15 is 0 Å². The second kappa shape index (κ2) is 12.0. The number of nitrogens with zero attached hydrogens (tertiary/aromatic N) is 1. The summed E-state index contributed by atoms with van der Waals surface area (Å²) in [5.74, 6) is -0.697. The Morgan fingerprint density at radius 1 is 1.06 bits per heavy atom. The summed E-state index contributed by atoms with van der Waals surface area (Å²) in [5.41, 5.74) is 1.25. The van der Waals surface area contributed by atoms with E-state index in [0.29, 0.717) is 18.7 Å². The van der Waals surface area contributed by atoms with Crippen LogP contribution in [0, 0.1) is 5.82 Å². The van der Waals surface area contributed by atoms with Crippen molar-refractivity contribution in [3.8, 4) is 0 Å². The molecule has 1 unspecified atom stereocenters. The van der Waals surface area contributed by atoms with Gasteiger partial charge in [-0.2, -0.15) is 0 Å². The van der Waals surface area contributed by atoms with Crippen LogP contribution in [0.4, 0.5) is 14.9 Å². The molecule has 166 valence electrons. The lowest BCUT2D eigenvalue weighted by Crippen LogP contribution is -2.49. The van der Waals surface area contributed by atoms with Crippen LogP contribution in [0.5, 0.6) is 0 Å². The van der Waals surface area contributed by atoms with Crippen molar-refractivity contribution in [1.29, 1.82) is 0 Å². The fourth-order valence-corrected chi connectivity index (χ4v) is 3.41. The summed E-state index contributed by atoms with van der Waals surface area (Å²) < 4.78 is 18.7. The molecular weight excluding hydrogens is 399 g/mol. The number of ether oxygens (including phenoxy) is 1. The van der Waals surface area contributed by atoms with Crippen LogP contribution in [0.3, 0.4) is 0 Å². The third-order valence-electron chi connectivity index (χ3n) is 5.04. The van der Waals surface area contributed by atoms with Gasteiger partial charge in [0.1, 0.15) is 11.9 Å². The lowest BCUT2D eigenvalue weighted by Gasteiger charge is -2.26. The molecule has 2 aromatic carbocycles. The van der Waals surface area contributed by atoms with Crippen molar-refractivity contribution >= 4 is 17.6 Å². The molecule has 0 aliphatic carbocycles. The zero-order valence-electron chi connectivity index (χ0n) is 17.5. The summed E-state index contributed by atoms with van der Waals surface area (Å²) in [7, 11) is 0. The van der Waals surface area contributed by atoms with Crippen LogP contribution in [0.2, 0.25) is 0 Å². The number of benzene rings is 2. The molecule has 0 aromatic heterocycles. The average molecular weight is 429 g/mol. The number of anilines is 1. The first kappa shape index (κ1) is 22.7. The Morgan fingerprint density at radius 2 is 1.84 bits per heavy atom. The zero-order valence-corrected chi connectivity index (χ0v) is 17.5. The van der Waals surface area contributed by atoms with Crippen molar-refractivity contribution < 1.29 is 18.7 Å². The molecule has 3 rings (SSSR count). The number of hydrogen-bond acceptors (Lipinski definition) is 4. The highest BCUT2D eigenvalue weighted by atomic mass is 19.1. The number of carbonyl (C=O) groups excluding carboxylic acids is 2. The van der Waals surface area contributed by atoms with E-state index in [0.717, 1.165) is 44.8 Å². The molecule has 0 radical (unpaired) electrons. The van der Waals surface area contributed by atoms with E-state index in [1.807, 2.05) is 30.3 Å². The second-order valence-corrected chi connectivity index (χ2v) is 7.45. The van der Waals surface area contributed by atoms with E-state index in [4.69, 9.17) is 4.74 Å². The number of nitrogens with one attached hydrogen (secondary N) is 3. The van der Waals surface area contributed by atoms with Gasteiger partial charge < -0.3 is 20.7 Å². The van der Waals surface area contributed by atoms with E-state index in [9.17, 15) is 14.0 Å². The highest BCUT2D eigenvalue weighted by molar-refractivity contribution is 5.93. The minimum Gasteiger partial charge on any atom is -0.379 e. The van der Waals surface area contributed by atoms with E-state index < -0.39 is 17.9 Å². The molecule has 2 aromatic rings. The summed E-state index contributed by atoms with van der Waals surface area (Å²) in [5, 5.41) is 8.21. The molecule has 1 fully saturated rings. The van der Waals surface area contributed by atoms with Crippen LogP contribution in [0.25, 0.3) is 0 Å². The van der Waals surface area contributed by atoms with Gasteiger partial charge >= 0.3 is 6.03 Å². The predicted octanol–water partition coefficient (Wildman–Crippen LogP) is 2.40. The second-order valence-electron chi connectivity index (χ2n) is 7.45. The number of urea groups is 1. The van der Waals surface area contributed by atoms with Crippen LogP contribution < -0.4 is 16.0 Å². The van der Waals surface area contributed by atoms with Crippen molar-refractivity contribution in [2.24, 2.45) is 0 Å². The van der Waals surface area contributed by atoms with E-state index in [-0.39, 0.29) is 5.91 Å². The maximum atomic E-state index is 13.4. The van der Waals surface area contributed by atoms with Gasteiger partial charge in [0.25, 0.3) is 0 Å². The first-order valence-electron chi connectivity index (χ1n) is 10.5. The number of hydrogen-bond donors (Lipinski definition) is 3. The lowest BCUT2D eigenvalue weighted by molar-refractivity contribution is -0.122. The van der Waals surface area contributed by atoms with Gasteiger partial charge in [-0.15, -0.1) is 0 Å². The van der Waals surface area contributed by atoms with Gasteiger partial charge in [0.05, 0.1) is 13.2 Å². The number of amides is 3. The van der Waals surface area contributed by atoms with Gasteiger partial charge in [-0.3, -0.25) is 9.69 Å². The fourth-order valence-electron chi connectivity index (χ4n) is 3.41. The lowest BCUT2D eigenvalue weighted by atomic mass is 10.1. The van der Waals surface area contributed by atoms with Gasteiger partial charge in [0, 0.05) is 31.7 Å². The predicted molar refractivity (Wildman–Crippen MR) is 117 cm³/mol. The highest BCUT2D eigenvalue weighted by Gasteiger charge is 2.21. The maximum absolute atomic E-state index is 13.4. The van der Waals surface area contributed by atoms with Gasteiger partial charge in [0.2, 0.25) is 5.91 Å². The molecule has 3 amide bonds. The molecule has 0 bridgehead atoms. The van der Waals surface area contributed by atoms with E-state index in [2.05, 4.69) is 20.9 Å². The van der Waals surface area contributed by atoms with E-state index in [1.54, 1.807) is 6.07 Å². The Hall–Kier alpha value is -2.97. The Kier molecular flexibility index (Phi) is 8.81. The SMILES string of the molecule is O=C(Nc1cccc(F)c1)NC(Cc1ccccc1)C(=O)NCCCN1CCOCC1. The third-order valence-corrected chi connectivity index (χ3v) is 5.04. The topological polar surface area (TPSA) is 82.7 Å². The Morgan fingerprint density at radius 3 is 2.58 bits per heavy atom. The molecule has 1 atom stereocenters. The van der Waals surface area contributed by atoms with Crippen LogP contribution in [0.1, 0.15) is 12.0 Å². The van der Waals surface area contributed by atoms with Crippen LogP contribution in [0.15, 0.2) is 54.6 Å². The number of rotatable bonds is 9. The summed E-state index contributed by atoms with van der Waals surface area (Å²) in [4.78, 5) is 27.5. The molecule has 8 heteroatoms. The smallest absolute Gasteiger partial charge is 0.319 e. The molecule has 1 heterocycles. The molecule has 1 aliphatic heterocycles. The minimum absolute atomic E-state index is 0.250. The van der Waals surface area contributed by atoms with Gasteiger partial charge in [-0.25, -0.2) is 9.18 Å². The number of carbonyl (C=O) groups is 2. The van der Waals surface area contributed by atoms with Crippen molar-refractivity contribution in [1.82, 2.24) is 15.5 Å². The standard InChI is InChI=1S/C23H29FN4O3/c24-19-8-4-9-20(17-19)26-23(30)27-21(16-18-6-2-1-3-7-18)22(29)25-10-5-11-28-12-14-31-15-13-28/h1-4,6-9,17,21H,5,10-16H2,(H,25,29)(H2,26,27,30). The molecule has 1 saturated heterocycles. The first-order chi connectivity index (χ1) is 15.1. The minimum atomic E-state index is -0.751. The quantitative estimate of drug-likeness (QED) is 0.536. The molecular formula is C23H29FN4O3. The zero-order chi connectivity index (χ0) is 21.9. The summed E-state index contributed by atoms with van der Waals surface area (Å²) >= 11 is 0. The number of halogens is 1. The summed E-state index contributed by atoms with van der Waals surface area (Å²) in [6.07, 6.45) is 1.17. The van der Waals surface area contributed by atoms with Crippen molar-refractivity contribution in [3.05, 3.63) is 66.0 Å². The monoisotopic (exact) mass is 428 g/mol. The molecule has 0 spiro atoms. The average Bonchev–Trinajstić information content (AvgIpc) is 2.77. The fraction of sp³-hybridized carbons (Fsp3) is 0.391. The largest absolute Gasteiger partial charge is 0.379 e. The molecule has 3 N–H and O–H groups in total. The van der Waals surface area contributed by atoms with Crippen LogP contribution >= 0.6 is 0 Å². The molecule has 0 saturated carbocycles. The van der Waals surface area contributed by atoms with Gasteiger partial charge in [-0.1, -0.05) is 36.4 Å². The molecule has 1 aliphatic rings. The highest BCUT2D eigenvalue weighted by Crippen LogP contribution is 2.09. The Bertz CT molecular complexity index is 844. The Labute approximate surface area is 182 Å². The van der Waals surface area contributed by atoms with Crippen molar-refractivity contribution in [2.45, 2.75) is 18.9 Å². The van der Waals surface area contributed by atoms with Crippen molar-refractivity contribution in [2.75, 3.05) is 44.7 Å². The first-order valence-corrected chi connectivity index (χ1v) is 10.5.